The topological polar surface area (TPSA) is 95.4 Å². The number of carboxylic acid groups (broad SMARTS) is 1. The largest absolute Gasteiger partial charge is 0.481 e. The first-order valence-corrected chi connectivity index (χ1v) is 9.39. The van der Waals surface area contributed by atoms with Crippen LogP contribution in [0.4, 0.5) is 9.93 Å². The molecule has 3 rings (SSSR count). The van der Waals surface area contributed by atoms with Gasteiger partial charge in [0.05, 0.1) is 5.92 Å². The number of carbonyl (C=O) groups is 2. The second kappa shape index (κ2) is 7.82. The van der Waals surface area contributed by atoms with E-state index in [1.165, 1.54) is 16.9 Å². The molecule has 1 aromatic carbocycles. The van der Waals surface area contributed by atoms with Crippen LogP contribution >= 0.6 is 11.3 Å². The number of aryl methyl sites for hydroxylation is 1. The molecule has 0 saturated carbocycles. The Morgan fingerprint density at radius 3 is 2.69 bits per heavy atom. The highest BCUT2D eigenvalue weighted by atomic mass is 32.1. The van der Waals surface area contributed by atoms with E-state index in [1.54, 1.807) is 4.90 Å². The molecule has 0 bridgehead atoms. The van der Waals surface area contributed by atoms with Crippen molar-refractivity contribution in [1.29, 1.82) is 0 Å². The van der Waals surface area contributed by atoms with Gasteiger partial charge in [0.1, 0.15) is 5.01 Å². The van der Waals surface area contributed by atoms with Crippen LogP contribution < -0.4 is 5.32 Å². The predicted octanol–water partition coefficient (Wildman–Crippen LogP) is 3.01. The molecule has 1 aromatic heterocycles. The maximum Gasteiger partial charge on any atom is 0.323 e. The summed E-state index contributed by atoms with van der Waals surface area (Å²) < 4.78 is 0. The van der Waals surface area contributed by atoms with E-state index >= 15 is 0 Å². The van der Waals surface area contributed by atoms with Crippen molar-refractivity contribution in [2.24, 2.45) is 11.8 Å². The van der Waals surface area contributed by atoms with Crippen molar-refractivity contribution in [2.75, 3.05) is 18.4 Å². The molecule has 0 aliphatic carbocycles. The van der Waals surface area contributed by atoms with Crippen LogP contribution in [0.15, 0.2) is 24.3 Å². The highest BCUT2D eigenvalue weighted by Gasteiger charge is 2.32. The highest BCUT2D eigenvalue weighted by molar-refractivity contribution is 7.15. The predicted molar refractivity (Wildman–Crippen MR) is 99.4 cm³/mol. The summed E-state index contributed by atoms with van der Waals surface area (Å²) in [6, 6.07) is 7.89. The molecule has 1 fully saturated rings. The first-order chi connectivity index (χ1) is 12.4. The van der Waals surface area contributed by atoms with Gasteiger partial charge in [-0.2, -0.15) is 0 Å². The highest BCUT2D eigenvalue weighted by Crippen LogP contribution is 2.24. The van der Waals surface area contributed by atoms with Crippen molar-refractivity contribution in [3.8, 4) is 0 Å². The van der Waals surface area contributed by atoms with Crippen LogP contribution in [0.1, 0.15) is 29.5 Å². The van der Waals surface area contributed by atoms with E-state index in [-0.39, 0.29) is 18.5 Å². The van der Waals surface area contributed by atoms with Gasteiger partial charge < -0.3 is 10.0 Å². The minimum atomic E-state index is -0.856. The Labute approximate surface area is 156 Å². The SMILES string of the molecule is Cc1ccc(Cc2nnc(NC(=O)N3CC(C)CC(C(=O)O)C3)s2)cc1. The number of carbonyl (C=O) groups excluding carboxylic acids is 1. The Morgan fingerprint density at radius 2 is 2.00 bits per heavy atom. The van der Waals surface area contributed by atoms with E-state index in [0.29, 0.717) is 24.5 Å². The lowest BCUT2D eigenvalue weighted by atomic mass is 9.91. The standard InChI is InChI=1S/C18H22N4O3S/c1-11-3-5-13(6-4-11)8-15-20-21-17(26-15)19-18(25)22-9-12(2)7-14(10-22)16(23)24/h3-6,12,14H,7-10H2,1-2H3,(H,23,24)(H,19,21,25). The number of hydrogen-bond donors (Lipinski definition) is 2. The number of nitrogens with one attached hydrogen (secondary N) is 1. The van der Waals surface area contributed by atoms with Crippen molar-refractivity contribution in [3.05, 3.63) is 40.4 Å². The molecule has 138 valence electrons. The second-order valence-corrected chi connectivity index (χ2v) is 7.94. The molecule has 1 aliphatic heterocycles. The fourth-order valence-corrected chi connectivity index (χ4v) is 3.89. The van der Waals surface area contributed by atoms with Gasteiger partial charge in [0.15, 0.2) is 0 Å². The van der Waals surface area contributed by atoms with Gasteiger partial charge in [-0.1, -0.05) is 48.1 Å². The third-order valence-electron chi connectivity index (χ3n) is 4.45. The van der Waals surface area contributed by atoms with Crippen LogP contribution in [0.2, 0.25) is 0 Å². The summed E-state index contributed by atoms with van der Waals surface area (Å²) in [6.45, 7) is 4.77. The van der Waals surface area contributed by atoms with Gasteiger partial charge in [-0.3, -0.25) is 10.1 Å². The van der Waals surface area contributed by atoms with Gasteiger partial charge >= 0.3 is 12.0 Å². The zero-order valence-electron chi connectivity index (χ0n) is 14.8. The van der Waals surface area contributed by atoms with E-state index in [4.69, 9.17) is 0 Å². The van der Waals surface area contributed by atoms with Crippen LogP contribution in [0.25, 0.3) is 0 Å². The number of anilines is 1. The van der Waals surface area contributed by atoms with Gasteiger partial charge in [0, 0.05) is 19.5 Å². The molecule has 26 heavy (non-hydrogen) atoms. The van der Waals surface area contributed by atoms with Crippen LogP contribution in [0, 0.1) is 18.8 Å². The molecule has 0 spiro atoms. The fraction of sp³-hybridized carbons (Fsp3) is 0.444. The average Bonchev–Trinajstić information content (AvgIpc) is 3.03. The molecule has 2 amide bonds. The van der Waals surface area contributed by atoms with Crippen LogP contribution in [-0.4, -0.2) is 45.3 Å². The molecule has 7 nitrogen and oxygen atoms in total. The number of amides is 2. The molecular weight excluding hydrogens is 352 g/mol. The zero-order valence-corrected chi connectivity index (χ0v) is 15.6. The van der Waals surface area contributed by atoms with Crippen LogP contribution in [0.3, 0.4) is 0 Å². The van der Waals surface area contributed by atoms with Crippen molar-refractivity contribution in [1.82, 2.24) is 15.1 Å². The Hall–Kier alpha value is -2.48. The first-order valence-electron chi connectivity index (χ1n) is 8.57. The van der Waals surface area contributed by atoms with Gasteiger partial charge in [0.2, 0.25) is 5.13 Å². The molecule has 2 atom stereocenters. The Bertz CT molecular complexity index is 790. The lowest BCUT2D eigenvalue weighted by molar-refractivity contribution is -0.143. The summed E-state index contributed by atoms with van der Waals surface area (Å²) >= 11 is 1.33. The van der Waals surface area contributed by atoms with Crippen LogP contribution in [0.5, 0.6) is 0 Å². The van der Waals surface area contributed by atoms with E-state index in [0.717, 1.165) is 10.6 Å². The molecule has 2 unspecified atom stereocenters. The number of nitrogens with zero attached hydrogens (tertiary/aromatic N) is 3. The van der Waals surface area contributed by atoms with Crippen molar-refractivity contribution >= 4 is 28.5 Å². The molecule has 8 heteroatoms. The minimum Gasteiger partial charge on any atom is -0.481 e. The summed E-state index contributed by atoms with van der Waals surface area (Å²) in [5.74, 6) is -1.22. The van der Waals surface area contributed by atoms with E-state index in [9.17, 15) is 14.7 Å². The summed E-state index contributed by atoms with van der Waals surface area (Å²) in [4.78, 5) is 25.2. The van der Waals surface area contributed by atoms with Gasteiger partial charge in [0.25, 0.3) is 0 Å². The third kappa shape index (κ3) is 4.57. The van der Waals surface area contributed by atoms with Crippen molar-refractivity contribution < 1.29 is 14.7 Å². The maximum atomic E-state index is 12.4. The first kappa shape index (κ1) is 18.3. The van der Waals surface area contributed by atoms with Gasteiger partial charge in [-0.25, -0.2) is 4.79 Å². The molecule has 2 aromatic rings. The summed E-state index contributed by atoms with van der Waals surface area (Å²) in [5.41, 5.74) is 2.34. The lowest BCUT2D eigenvalue weighted by Gasteiger charge is -2.34. The van der Waals surface area contributed by atoms with E-state index in [2.05, 4.69) is 39.8 Å². The lowest BCUT2D eigenvalue weighted by Crippen LogP contribution is -2.47. The number of rotatable bonds is 4. The molecular formula is C18H22N4O3S. The summed E-state index contributed by atoms with van der Waals surface area (Å²) in [5, 5.41) is 21.4. The van der Waals surface area contributed by atoms with E-state index < -0.39 is 11.9 Å². The zero-order chi connectivity index (χ0) is 18.7. The normalized spacial score (nSPS) is 20.0. The van der Waals surface area contributed by atoms with Gasteiger partial charge in [-0.15, -0.1) is 10.2 Å². The molecule has 1 saturated heterocycles. The Balaban J connectivity index is 1.60. The minimum absolute atomic E-state index is 0.155. The smallest absolute Gasteiger partial charge is 0.323 e. The number of aromatic nitrogens is 2. The van der Waals surface area contributed by atoms with Crippen molar-refractivity contribution in [2.45, 2.75) is 26.7 Å². The number of carboxylic acids is 1. The molecule has 0 radical (unpaired) electrons. The van der Waals surface area contributed by atoms with Crippen LogP contribution in [-0.2, 0) is 11.2 Å². The number of likely N-dealkylation sites (tertiary alicyclic amines) is 1. The summed E-state index contributed by atoms with van der Waals surface area (Å²) in [7, 11) is 0. The second-order valence-electron chi connectivity index (χ2n) is 6.87. The van der Waals surface area contributed by atoms with E-state index in [1.807, 2.05) is 13.8 Å². The maximum absolute atomic E-state index is 12.4. The Morgan fingerprint density at radius 1 is 1.27 bits per heavy atom. The number of hydrogen-bond acceptors (Lipinski definition) is 5. The monoisotopic (exact) mass is 374 g/mol. The number of benzene rings is 1. The quantitative estimate of drug-likeness (QED) is 0.858. The molecule has 2 N–H and O–H groups in total. The Kier molecular flexibility index (Phi) is 5.51. The van der Waals surface area contributed by atoms with Crippen molar-refractivity contribution in [3.63, 3.8) is 0 Å². The third-order valence-corrected chi connectivity index (χ3v) is 5.29. The van der Waals surface area contributed by atoms with Gasteiger partial charge in [-0.05, 0) is 24.8 Å². The number of piperidine rings is 1. The summed E-state index contributed by atoms with van der Waals surface area (Å²) in [6.07, 6.45) is 1.26. The fourth-order valence-electron chi connectivity index (χ4n) is 3.12. The number of aliphatic carboxylic acids is 1. The molecule has 1 aliphatic rings. The molecule has 2 heterocycles. The average molecular weight is 374 g/mol. The number of urea groups is 1.